The number of carbonyl (C=O) groups is 1. The molecule has 0 aliphatic heterocycles. The average molecular weight is 349 g/mol. The third-order valence-corrected chi connectivity index (χ3v) is 8.95. The van der Waals surface area contributed by atoms with Crippen LogP contribution in [-0.4, -0.2) is 18.5 Å². The second kappa shape index (κ2) is 6.22. The molecule has 0 spiro atoms. The quantitative estimate of drug-likeness (QED) is 0.580. The molecule has 0 amide bonds. The number of hydrogen-bond acceptors (Lipinski definition) is 2. The van der Waals surface area contributed by atoms with Crippen molar-refractivity contribution in [2.45, 2.75) is 85.2 Å². The zero-order chi connectivity index (χ0) is 17.8. The normalized spacial score (nSPS) is 49.0. The Balaban J connectivity index is 0.00000131. The van der Waals surface area contributed by atoms with Gasteiger partial charge in [0.1, 0.15) is 5.78 Å². The van der Waals surface area contributed by atoms with E-state index < -0.39 is 0 Å². The maximum absolute atomic E-state index is 12.2. The molecule has 4 rings (SSSR count). The standard InChI is InChI=1S/C23H36O2.2H2/c1-5-25-17-10-12-22(3)16(14-17)6-7-18-20-9-8-19(15(2)24)23(20,4)13-11-21(18)22;;/h6,17-21H,5,7-14H2,1-4H3;2*1H/t17?,18-,19+,20?,21?,22?,23+;;/m0../s1. The van der Waals surface area contributed by atoms with Crippen molar-refractivity contribution < 1.29 is 12.4 Å². The molecule has 4 aliphatic carbocycles. The van der Waals surface area contributed by atoms with Crippen molar-refractivity contribution >= 4 is 5.78 Å². The highest BCUT2D eigenvalue weighted by Crippen LogP contribution is 2.66. The second-order valence-corrected chi connectivity index (χ2v) is 9.86. The van der Waals surface area contributed by atoms with Crippen LogP contribution in [0.25, 0.3) is 0 Å². The Labute approximate surface area is 156 Å². The van der Waals surface area contributed by atoms with Crippen molar-refractivity contribution in [1.29, 1.82) is 0 Å². The first kappa shape index (κ1) is 17.8. The van der Waals surface area contributed by atoms with E-state index in [1.165, 1.54) is 38.5 Å². The van der Waals surface area contributed by atoms with Crippen molar-refractivity contribution in [2.75, 3.05) is 6.61 Å². The molecular weight excluding hydrogens is 308 g/mol. The molecule has 3 fully saturated rings. The van der Waals surface area contributed by atoms with Crippen LogP contribution in [0.2, 0.25) is 0 Å². The van der Waals surface area contributed by atoms with Gasteiger partial charge in [0.2, 0.25) is 0 Å². The van der Waals surface area contributed by atoms with Crippen molar-refractivity contribution in [2.24, 2.45) is 34.5 Å². The maximum atomic E-state index is 12.2. The highest BCUT2D eigenvalue weighted by Gasteiger charge is 2.59. The number of Topliss-reactive ketones (excluding diaryl/α,β-unsaturated/α-hetero) is 1. The third kappa shape index (κ3) is 2.58. The first-order valence-electron chi connectivity index (χ1n) is 10.7. The lowest BCUT2D eigenvalue weighted by Crippen LogP contribution is -2.51. The lowest BCUT2D eigenvalue weighted by atomic mass is 9.47. The monoisotopic (exact) mass is 348 g/mol. The summed E-state index contributed by atoms with van der Waals surface area (Å²) >= 11 is 0. The smallest absolute Gasteiger partial charge is 0.133 e. The molecule has 0 radical (unpaired) electrons. The molecule has 7 atom stereocenters. The molecule has 0 aromatic rings. The van der Waals surface area contributed by atoms with E-state index in [0.717, 1.165) is 37.2 Å². The topological polar surface area (TPSA) is 26.3 Å². The highest BCUT2D eigenvalue weighted by atomic mass is 16.5. The van der Waals surface area contributed by atoms with Crippen LogP contribution >= 0.6 is 0 Å². The lowest BCUT2D eigenvalue weighted by molar-refractivity contribution is -0.127. The minimum atomic E-state index is 0. The Kier molecular flexibility index (Phi) is 4.42. The summed E-state index contributed by atoms with van der Waals surface area (Å²) < 4.78 is 5.96. The van der Waals surface area contributed by atoms with Gasteiger partial charge in [-0.05, 0) is 93.8 Å². The maximum Gasteiger partial charge on any atom is 0.133 e. The van der Waals surface area contributed by atoms with E-state index in [-0.39, 0.29) is 8.27 Å². The van der Waals surface area contributed by atoms with E-state index in [2.05, 4.69) is 26.8 Å². The summed E-state index contributed by atoms with van der Waals surface area (Å²) in [4.78, 5) is 12.2. The molecule has 0 heterocycles. The van der Waals surface area contributed by atoms with Crippen molar-refractivity contribution in [3.8, 4) is 0 Å². The minimum Gasteiger partial charge on any atom is -0.378 e. The van der Waals surface area contributed by atoms with Crippen LogP contribution < -0.4 is 0 Å². The summed E-state index contributed by atoms with van der Waals surface area (Å²) in [7, 11) is 0. The second-order valence-electron chi connectivity index (χ2n) is 9.86. The van der Waals surface area contributed by atoms with E-state index >= 15 is 0 Å². The summed E-state index contributed by atoms with van der Waals surface area (Å²) in [6.07, 6.45) is 13.0. The van der Waals surface area contributed by atoms with Gasteiger partial charge in [0.05, 0.1) is 6.10 Å². The van der Waals surface area contributed by atoms with Crippen molar-refractivity contribution in [3.05, 3.63) is 11.6 Å². The van der Waals surface area contributed by atoms with Crippen molar-refractivity contribution in [3.63, 3.8) is 0 Å². The number of ketones is 1. The molecule has 0 bridgehead atoms. The van der Waals surface area contributed by atoms with E-state index in [1.807, 2.05) is 6.92 Å². The first-order chi connectivity index (χ1) is 11.9. The number of allylic oxidation sites excluding steroid dienone is 1. The molecule has 4 aliphatic rings. The molecule has 0 aromatic heterocycles. The zero-order valence-corrected chi connectivity index (χ0v) is 16.6. The molecule has 3 saturated carbocycles. The fraction of sp³-hybridized carbons (Fsp3) is 0.870. The van der Waals surface area contributed by atoms with Gasteiger partial charge in [-0.3, -0.25) is 4.79 Å². The van der Waals surface area contributed by atoms with Crippen LogP contribution in [0.3, 0.4) is 0 Å². The number of hydrogen-bond donors (Lipinski definition) is 0. The molecule has 0 N–H and O–H groups in total. The van der Waals surface area contributed by atoms with Gasteiger partial charge >= 0.3 is 0 Å². The Morgan fingerprint density at radius 1 is 1.20 bits per heavy atom. The summed E-state index contributed by atoms with van der Waals surface area (Å²) in [5.74, 6) is 3.17. The fourth-order valence-electron chi connectivity index (χ4n) is 7.67. The summed E-state index contributed by atoms with van der Waals surface area (Å²) in [5.41, 5.74) is 2.37. The van der Waals surface area contributed by atoms with Crippen LogP contribution in [0.15, 0.2) is 11.6 Å². The number of fused-ring (bicyclic) bond motifs is 5. The predicted molar refractivity (Wildman–Crippen MR) is 106 cm³/mol. The summed E-state index contributed by atoms with van der Waals surface area (Å²) in [6.45, 7) is 9.79. The minimum absolute atomic E-state index is 0. The third-order valence-electron chi connectivity index (χ3n) is 8.95. The average Bonchev–Trinajstić information content (AvgIpc) is 2.93. The first-order valence-corrected chi connectivity index (χ1v) is 10.7. The van der Waals surface area contributed by atoms with Gasteiger partial charge < -0.3 is 4.74 Å². The predicted octanol–water partition coefficient (Wildman–Crippen LogP) is 6.05. The number of rotatable bonds is 3. The molecule has 144 valence electrons. The van der Waals surface area contributed by atoms with Gasteiger partial charge in [0.25, 0.3) is 0 Å². The van der Waals surface area contributed by atoms with E-state index in [9.17, 15) is 4.79 Å². The number of ether oxygens (including phenoxy) is 1. The van der Waals surface area contributed by atoms with Gasteiger partial charge in [-0.2, -0.15) is 0 Å². The fourth-order valence-corrected chi connectivity index (χ4v) is 7.67. The molecule has 2 heteroatoms. The molecule has 0 aromatic carbocycles. The largest absolute Gasteiger partial charge is 0.378 e. The van der Waals surface area contributed by atoms with Crippen LogP contribution in [0, 0.1) is 34.5 Å². The summed E-state index contributed by atoms with van der Waals surface area (Å²) in [6, 6.07) is 0. The molecule has 25 heavy (non-hydrogen) atoms. The lowest BCUT2D eigenvalue weighted by Gasteiger charge is -2.58. The van der Waals surface area contributed by atoms with Crippen LogP contribution in [-0.2, 0) is 9.53 Å². The molecule has 2 nitrogen and oxygen atoms in total. The Hall–Kier alpha value is -0.630. The Morgan fingerprint density at radius 2 is 2.00 bits per heavy atom. The number of carbonyl (C=O) groups excluding carboxylic acids is 1. The Bertz CT molecular complexity index is 589. The zero-order valence-electron chi connectivity index (χ0n) is 16.6. The van der Waals surface area contributed by atoms with Gasteiger partial charge in [0, 0.05) is 15.4 Å². The van der Waals surface area contributed by atoms with Gasteiger partial charge in [0.15, 0.2) is 0 Å². The van der Waals surface area contributed by atoms with E-state index in [0.29, 0.717) is 23.2 Å². The van der Waals surface area contributed by atoms with Crippen LogP contribution in [0.1, 0.15) is 81.9 Å². The Morgan fingerprint density at radius 3 is 2.72 bits per heavy atom. The van der Waals surface area contributed by atoms with Gasteiger partial charge in [-0.25, -0.2) is 0 Å². The van der Waals surface area contributed by atoms with Crippen molar-refractivity contribution in [1.82, 2.24) is 0 Å². The molecular formula is C23H40O2. The van der Waals surface area contributed by atoms with Gasteiger partial charge in [-0.1, -0.05) is 25.5 Å². The highest BCUT2D eigenvalue weighted by molar-refractivity contribution is 5.79. The van der Waals surface area contributed by atoms with E-state index in [4.69, 9.17) is 4.74 Å². The molecule has 0 saturated heterocycles. The van der Waals surface area contributed by atoms with Crippen LogP contribution in [0.5, 0.6) is 0 Å². The van der Waals surface area contributed by atoms with Crippen LogP contribution in [0.4, 0.5) is 0 Å². The van der Waals surface area contributed by atoms with E-state index in [1.54, 1.807) is 5.57 Å². The van der Waals surface area contributed by atoms with Gasteiger partial charge in [-0.15, -0.1) is 0 Å². The molecule has 4 unspecified atom stereocenters. The summed E-state index contributed by atoms with van der Waals surface area (Å²) in [5, 5.41) is 0. The SMILES string of the molecule is CCOC1CCC2(C)C(=CC[C@@H]3C2CC[C@@]2(C)C3CC[C@@H]2C(C)=O)C1.[HH].[HH].